The predicted octanol–water partition coefficient (Wildman–Crippen LogP) is 4.82. The molecule has 1 heterocycles. The molecule has 25 heavy (non-hydrogen) atoms. The lowest BCUT2D eigenvalue weighted by atomic mass is 10.1. The number of aryl methyl sites for hydroxylation is 1. The fourth-order valence-corrected chi connectivity index (χ4v) is 3.32. The lowest BCUT2D eigenvalue weighted by molar-refractivity contribution is -0.118. The number of hydrogen-bond acceptors (Lipinski definition) is 4. The molecule has 0 aliphatic carbocycles. The van der Waals surface area contributed by atoms with Gasteiger partial charge in [-0.25, -0.2) is 4.98 Å². The van der Waals surface area contributed by atoms with Crippen molar-refractivity contribution in [1.82, 2.24) is 4.98 Å². The maximum atomic E-state index is 12.0. The summed E-state index contributed by atoms with van der Waals surface area (Å²) in [5, 5.41) is 3.36. The van der Waals surface area contributed by atoms with E-state index in [2.05, 4.69) is 57.4 Å². The third-order valence-corrected chi connectivity index (χ3v) is 4.92. The lowest BCUT2D eigenvalue weighted by Gasteiger charge is -2.05. The smallest absolute Gasteiger partial charge is 0.264 e. The third-order valence-electron chi connectivity index (χ3n) is 3.48. The molecular weight excluding hydrogens is 400 g/mol. The van der Waals surface area contributed by atoms with Gasteiger partial charge in [0.1, 0.15) is 5.75 Å². The number of halogens is 1. The molecule has 3 aromatic rings. The highest BCUT2D eigenvalue weighted by atomic mass is 79.9. The number of hydrogen-bond donors (Lipinski definition) is 1. The minimum atomic E-state index is -0.223. The number of anilines is 1. The van der Waals surface area contributed by atoms with E-state index in [0.717, 1.165) is 15.8 Å². The first-order valence-corrected chi connectivity index (χ1v) is 9.38. The fraction of sp³-hybridized carbons (Fsp3) is 0.158. The highest BCUT2D eigenvalue weighted by Crippen LogP contribution is 2.21. The average molecular weight is 417 g/mol. The molecule has 0 saturated carbocycles. The SMILES string of the molecule is Cc1ccc(Cc2cnc(NC(=O)COc3ccc(Br)cc3)s2)cc1. The van der Waals surface area contributed by atoms with E-state index < -0.39 is 0 Å². The number of ether oxygens (including phenoxy) is 1. The fourth-order valence-electron chi connectivity index (χ4n) is 2.19. The molecule has 3 rings (SSSR count). The third kappa shape index (κ3) is 5.41. The Morgan fingerprint density at radius 3 is 2.60 bits per heavy atom. The van der Waals surface area contributed by atoms with Gasteiger partial charge in [0, 0.05) is 22.0 Å². The van der Waals surface area contributed by atoms with Gasteiger partial charge in [0.05, 0.1) is 0 Å². The van der Waals surface area contributed by atoms with Crippen LogP contribution in [-0.4, -0.2) is 17.5 Å². The Balaban J connectivity index is 1.51. The van der Waals surface area contributed by atoms with E-state index in [-0.39, 0.29) is 12.5 Å². The van der Waals surface area contributed by atoms with E-state index in [9.17, 15) is 4.79 Å². The second-order valence-corrected chi connectivity index (χ2v) is 7.62. The number of nitrogens with one attached hydrogen (secondary N) is 1. The van der Waals surface area contributed by atoms with Gasteiger partial charge in [-0.15, -0.1) is 11.3 Å². The molecule has 0 aliphatic heterocycles. The topological polar surface area (TPSA) is 51.2 Å². The van der Waals surface area contributed by atoms with E-state index in [1.165, 1.54) is 22.5 Å². The van der Waals surface area contributed by atoms with Crippen LogP contribution in [0.2, 0.25) is 0 Å². The molecule has 1 N–H and O–H groups in total. The van der Waals surface area contributed by atoms with Crippen molar-refractivity contribution in [3.63, 3.8) is 0 Å². The van der Waals surface area contributed by atoms with Crippen LogP contribution in [0.15, 0.2) is 59.2 Å². The molecule has 6 heteroatoms. The van der Waals surface area contributed by atoms with Crippen LogP contribution >= 0.6 is 27.3 Å². The predicted molar refractivity (Wildman–Crippen MR) is 104 cm³/mol. The standard InChI is InChI=1S/C19H17BrN2O2S/c1-13-2-4-14(5-3-13)10-17-11-21-19(25-17)22-18(23)12-24-16-8-6-15(20)7-9-16/h2-9,11H,10,12H2,1H3,(H,21,22,23). The molecule has 0 fully saturated rings. The van der Waals surface area contributed by atoms with E-state index in [1.54, 1.807) is 18.3 Å². The largest absolute Gasteiger partial charge is 0.484 e. The zero-order valence-electron chi connectivity index (χ0n) is 13.7. The van der Waals surface area contributed by atoms with Gasteiger partial charge in [0.15, 0.2) is 11.7 Å². The van der Waals surface area contributed by atoms with Crippen molar-refractivity contribution in [2.75, 3.05) is 11.9 Å². The van der Waals surface area contributed by atoms with Crippen molar-refractivity contribution in [3.05, 3.63) is 75.2 Å². The number of carbonyl (C=O) groups excluding carboxylic acids is 1. The van der Waals surface area contributed by atoms with E-state index in [4.69, 9.17) is 4.74 Å². The summed E-state index contributed by atoms with van der Waals surface area (Å²) in [5.41, 5.74) is 2.47. The zero-order chi connectivity index (χ0) is 17.6. The molecular formula is C19H17BrN2O2S. The Bertz CT molecular complexity index is 845. The van der Waals surface area contributed by atoms with Crippen molar-refractivity contribution in [2.45, 2.75) is 13.3 Å². The van der Waals surface area contributed by atoms with Crippen LogP contribution in [0.3, 0.4) is 0 Å². The summed E-state index contributed by atoms with van der Waals surface area (Å²) in [6.07, 6.45) is 2.61. The van der Waals surface area contributed by atoms with Crippen LogP contribution in [-0.2, 0) is 11.2 Å². The summed E-state index contributed by atoms with van der Waals surface area (Å²) in [7, 11) is 0. The Hall–Kier alpha value is -2.18. The Labute approximate surface area is 159 Å². The maximum absolute atomic E-state index is 12.0. The summed E-state index contributed by atoms with van der Waals surface area (Å²) in [6.45, 7) is 2.02. The number of benzene rings is 2. The molecule has 4 nitrogen and oxygen atoms in total. The van der Waals surface area contributed by atoms with Crippen LogP contribution in [0, 0.1) is 6.92 Å². The van der Waals surface area contributed by atoms with Gasteiger partial charge in [0.2, 0.25) is 0 Å². The molecule has 0 bridgehead atoms. The van der Waals surface area contributed by atoms with Crippen molar-refractivity contribution in [3.8, 4) is 5.75 Å². The van der Waals surface area contributed by atoms with Crippen LogP contribution in [0.4, 0.5) is 5.13 Å². The lowest BCUT2D eigenvalue weighted by Crippen LogP contribution is -2.19. The Morgan fingerprint density at radius 2 is 1.88 bits per heavy atom. The van der Waals surface area contributed by atoms with Gasteiger partial charge in [-0.2, -0.15) is 0 Å². The highest BCUT2D eigenvalue weighted by molar-refractivity contribution is 9.10. The van der Waals surface area contributed by atoms with Crippen LogP contribution in [0.5, 0.6) is 5.75 Å². The molecule has 0 radical (unpaired) electrons. The summed E-state index contributed by atoms with van der Waals surface area (Å²) >= 11 is 4.84. The number of amides is 1. The van der Waals surface area contributed by atoms with Crippen LogP contribution < -0.4 is 10.1 Å². The molecule has 1 amide bonds. The number of thiazole rings is 1. The van der Waals surface area contributed by atoms with Crippen molar-refractivity contribution in [1.29, 1.82) is 0 Å². The maximum Gasteiger partial charge on any atom is 0.264 e. The average Bonchev–Trinajstić information content (AvgIpc) is 3.03. The van der Waals surface area contributed by atoms with Crippen molar-refractivity contribution in [2.24, 2.45) is 0 Å². The number of carbonyl (C=O) groups is 1. The monoisotopic (exact) mass is 416 g/mol. The van der Waals surface area contributed by atoms with Crippen LogP contribution in [0.1, 0.15) is 16.0 Å². The molecule has 0 spiro atoms. The Kier molecular flexibility index (Phi) is 5.83. The Morgan fingerprint density at radius 1 is 1.16 bits per heavy atom. The molecule has 0 atom stereocenters. The second-order valence-electron chi connectivity index (χ2n) is 5.58. The zero-order valence-corrected chi connectivity index (χ0v) is 16.1. The normalized spacial score (nSPS) is 10.5. The molecule has 0 aliphatic rings. The molecule has 2 aromatic carbocycles. The molecule has 1 aromatic heterocycles. The van der Waals surface area contributed by atoms with E-state index >= 15 is 0 Å². The highest BCUT2D eigenvalue weighted by Gasteiger charge is 2.08. The minimum Gasteiger partial charge on any atom is -0.484 e. The number of rotatable bonds is 6. The van der Waals surface area contributed by atoms with Crippen molar-refractivity contribution >= 4 is 38.3 Å². The summed E-state index contributed by atoms with van der Waals surface area (Å²) in [5.74, 6) is 0.428. The van der Waals surface area contributed by atoms with Crippen LogP contribution in [0.25, 0.3) is 0 Å². The molecule has 0 saturated heterocycles. The summed E-state index contributed by atoms with van der Waals surface area (Å²) in [6, 6.07) is 15.8. The van der Waals surface area contributed by atoms with Gasteiger partial charge in [-0.3, -0.25) is 10.1 Å². The first kappa shape index (κ1) is 17.6. The molecule has 128 valence electrons. The molecule has 0 unspecified atom stereocenters. The quantitative estimate of drug-likeness (QED) is 0.626. The number of nitrogens with zero attached hydrogens (tertiary/aromatic N) is 1. The minimum absolute atomic E-state index is 0.0471. The first-order valence-electron chi connectivity index (χ1n) is 7.77. The van der Waals surface area contributed by atoms with Gasteiger partial charge in [-0.1, -0.05) is 45.8 Å². The van der Waals surface area contributed by atoms with E-state index in [0.29, 0.717) is 10.9 Å². The van der Waals surface area contributed by atoms with E-state index in [1.807, 2.05) is 12.1 Å². The summed E-state index contributed by atoms with van der Waals surface area (Å²) < 4.78 is 6.42. The number of aromatic nitrogens is 1. The van der Waals surface area contributed by atoms with Gasteiger partial charge < -0.3 is 4.74 Å². The summed E-state index contributed by atoms with van der Waals surface area (Å²) in [4.78, 5) is 17.3. The van der Waals surface area contributed by atoms with Gasteiger partial charge in [0.25, 0.3) is 5.91 Å². The second kappa shape index (κ2) is 8.27. The van der Waals surface area contributed by atoms with Gasteiger partial charge >= 0.3 is 0 Å². The van der Waals surface area contributed by atoms with Crippen molar-refractivity contribution < 1.29 is 9.53 Å². The first-order chi connectivity index (χ1) is 12.1. The van der Waals surface area contributed by atoms with Gasteiger partial charge in [-0.05, 0) is 36.8 Å².